The molecule has 0 saturated carbocycles. The van der Waals surface area contributed by atoms with Crippen molar-refractivity contribution in [1.29, 1.82) is 0 Å². The summed E-state index contributed by atoms with van der Waals surface area (Å²) in [5, 5.41) is 0.674. The van der Waals surface area contributed by atoms with Crippen molar-refractivity contribution in [3.05, 3.63) is 95.0 Å². The number of Topliss-reactive ketones (excluding diaryl/α,β-unsaturated/α-hetero) is 1. The molecule has 0 aliphatic carbocycles. The van der Waals surface area contributed by atoms with Gasteiger partial charge in [0.15, 0.2) is 0 Å². The molecule has 0 aliphatic heterocycles. The van der Waals surface area contributed by atoms with Crippen LogP contribution in [0.2, 0.25) is 5.02 Å². The van der Waals surface area contributed by atoms with E-state index in [0.717, 1.165) is 16.9 Å². The number of rotatable bonds is 6. The number of hydrogen-bond acceptors (Lipinski definition) is 2. The molecule has 0 radical (unpaired) electrons. The quantitative estimate of drug-likeness (QED) is 0.595. The molecule has 0 aromatic heterocycles. The third-order valence-electron chi connectivity index (χ3n) is 3.65. The molecular formula is C21H17ClO2. The Morgan fingerprint density at radius 2 is 1.46 bits per heavy atom. The van der Waals surface area contributed by atoms with Crippen molar-refractivity contribution in [2.24, 2.45) is 0 Å². The minimum absolute atomic E-state index is 0.140. The molecule has 3 rings (SSSR count). The molecule has 0 heterocycles. The lowest BCUT2D eigenvalue weighted by Gasteiger charge is -2.11. The van der Waals surface area contributed by atoms with E-state index < -0.39 is 0 Å². The molecule has 2 nitrogen and oxygen atoms in total. The molecule has 0 unspecified atom stereocenters. The Balaban J connectivity index is 1.70. The largest absolute Gasteiger partial charge is 0.457 e. The maximum atomic E-state index is 12.4. The zero-order valence-electron chi connectivity index (χ0n) is 13.1. The van der Waals surface area contributed by atoms with Gasteiger partial charge in [-0.2, -0.15) is 0 Å². The summed E-state index contributed by atoms with van der Waals surface area (Å²) < 4.78 is 5.91. The van der Waals surface area contributed by atoms with Gasteiger partial charge in [-0.1, -0.05) is 60.1 Å². The number of para-hydroxylation sites is 2. The lowest BCUT2D eigenvalue weighted by Crippen LogP contribution is -2.07. The van der Waals surface area contributed by atoms with E-state index >= 15 is 0 Å². The van der Waals surface area contributed by atoms with Crippen molar-refractivity contribution < 1.29 is 9.53 Å². The number of carbonyl (C=O) groups excluding carboxylic acids is 1. The van der Waals surface area contributed by atoms with Gasteiger partial charge >= 0.3 is 0 Å². The van der Waals surface area contributed by atoms with Gasteiger partial charge in [0.25, 0.3) is 0 Å². The summed E-state index contributed by atoms with van der Waals surface area (Å²) in [6.07, 6.45) is 0.725. The maximum absolute atomic E-state index is 12.4. The van der Waals surface area contributed by atoms with Crippen molar-refractivity contribution >= 4 is 17.4 Å². The van der Waals surface area contributed by atoms with Gasteiger partial charge in [-0.05, 0) is 35.9 Å². The van der Waals surface area contributed by atoms with E-state index in [0.29, 0.717) is 23.6 Å². The van der Waals surface area contributed by atoms with E-state index in [9.17, 15) is 4.79 Å². The first kappa shape index (κ1) is 16.3. The fraction of sp³-hybridized carbons (Fsp3) is 0.0952. The van der Waals surface area contributed by atoms with Gasteiger partial charge in [-0.15, -0.1) is 0 Å². The summed E-state index contributed by atoms with van der Waals surface area (Å²) in [7, 11) is 0. The fourth-order valence-corrected chi connectivity index (χ4v) is 2.60. The molecule has 0 bridgehead atoms. The zero-order chi connectivity index (χ0) is 16.8. The van der Waals surface area contributed by atoms with Gasteiger partial charge in [0.2, 0.25) is 0 Å². The second kappa shape index (κ2) is 7.80. The van der Waals surface area contributed by atoms with Crippen LogP contribution in [0.5, 0.6) is 11.5 Å². The molecule has 0 saturated heterocycles. The highest BCUT2D eigenvalue weighted by Gasteiger charge is 2.10. The average molecular weight is 337 g/mol. The Bertz CT molecular complexity index is 811. The SMILES string of the molecule is O=C(Cc1ccc(Cl)cc1)Cc1ccccc1Oc1ccccc1. The summed E-state index contributed by atoms with van der Waals surface area (Å²) in [6, 6.07) is 24.6. The van der Waals surface area contributed by atoms with Crippen molar-refractivity contribution in [2.45, 2.75) is 12.8 Å². The van der Waals surface area contributed by atoms with Crippen LogP contribution in [0.1, 0.15) is 11.1 Å². The van der Waals surface area contributed by atoms with Gasteiger partial charge in [0.1, 0.15) is 17.3 Å². The summed E-state index contributed by atoms with van der Waals surface area (Å²) in [4.78, 5) is 12.4. The van der Waals surface area contributed by atoms with Gasteiger partial charge in [-0.25, -0.2) is 0 Å². The Morgan fingerprint density at radius 3 is 2.21 bits per heavy atom. The van der Waals surface area contributed by atoms with E-state index in [4.69, 9.17) is 16.3 Å². The van der Waals surface area contributed by atoms with Crippen LogP contribution in [0.25, 0.3) is 0 Å². The Morgan fingerprint density at radius 1 is 0.792 bits per heavy atom. The zero-order valence-corrected chi connectivity index (χ0v) is 13.9. The van der Waals surface area contributed by atoms with Crippen LogP contribution >= 0.6 is 11.6 Å². The number of ether oxygens (including phenoxy) is 1. The van der Waals surface area contributed by atoms with Crippen LogP contribution in [0.3, 0.4) is 0 Å². The molecule has 0 aliphatic rings. The summed E-state index contributed by atoms with van der Waals surface area (Å²) in [5.41, 5.74) is 1.85. The number of ketones is 1. The van der Waals surface area contributed by atoms with Crippen molar-refractivity contribution in [3.63, 3.8) is 0 Å². The van der Waals surface area contributed by atoms with Gasteiger partial charge in [0.05, 0.1) is 0 Å². The van der Waals surface area contributed by atoms with E-state index in [1.165, 1.54) is 0 Å². The van der Waals surface area contributed by atoms with Crippen LogP contribution in [0.4, 0.5) is 0 Å². The molecule has 0 atom stereocenters. The first-order valence-electron chi connectivity index (χ1n) is 7.77. The second-order valence-corrected chi connectivity index (χ2v) is 5.98. The minimum atomic E-state index is 0.140. The molecule has 0 spiro atoms. The topological polar surface area (TPSA) is 26.3 Å². The molecule has 0 amide bonds. The van der Waals surface area contributed by atoms with Crippen LogP contribution in [-0.4, -0.2) is 5.78 Å². The first-order valence-corrected chi connectivity index (χ1v) is 8.15. The van der Waals surface area contributed by atoms with Crippen LogP contribution in [0, 0.1) is 0 Å². The summed E-state index contributed by atoms with van der Waals surface area (Å²) in [5.74, 6) is 1.62. The molecule has 3 aromatic carbocycles. The van der Waals surface area contributed by atoms with E-state index in [1.807, 2.05) is 66.7 Å². The number of hydrogen-bond donors (Lipinski definition) is 0. The molecule has 0 N–H and O–H groups in total. The molecular weight excluding hydrogens is 320 g/mol. The van der Waals surface area contributed by atoms with Crippen molar-refractivity contribution in [1.82, 2.24) is 0 Å². The second-order valence-electron chi connectivity index (χ2n) is 5.54. The van der Waals surface area contributed by atoms with Gasteiger partial charge < -0.3 is 4.74 Å². The Kier molecular flexibility index (Phi) is 5.29. The van der Waals surface area contributed by atoms with Crippen molar-refractivity contribution in [3.8, 4) is 11.5 Å². The van der Waals surface area contributed by atoms with Crippen LogP contribution in [-0.2, 0) is 17.6 Å². The van der Waals surface area contributed by atoms with Crippen LogP contribution in [0.15, 0.2) is 78.9 Å². The summed E-state index contributed by atoms with van der Waals surface area (Å²) in [6.45, 7) is 0. The highest BCUT2D eigenvalue weighted by atomic mass is 35.5. The number of benzene rings is 3. The smallest absolute Gasteiger partial charge is 0.141 e. The Labute approximate surface area is 146 Å². The standard InChI is InChI=1S/C21H17ClO2/c22-18-12-10-16(11-13-18)14-19(23)15-17-6-4-5-9-21(17)24-20-7-2-1-3-8-20/h1-13H,14-15H2. The minimum Gasteiger partial charge on any atom is -0.457 e. The predicted octanol–water partition coefficient (Wildman–Crippen LogP) is 5.49. The maximum Gasteiger partial charge on any atom is 0.141 e. The molecule has 3 aromatic rings. The van der Waals surface area contributed by atoms with Gasteiger partial charge in [-0.3, -0.25) is 4.79 Å². The first-order chi connectivity index (χ1) is 11.7. The average Bonchev–Trinajstić information content (AvgIpc) is 2.60. The van der Waals surface area contributed by atoms with E-state index in [-0.39, 0.29) is 5.78 Å². The molecule has 120 valence electrons. The third kappa shape index (κ3) is 4.46. The normalized spacial score (nSPS) is 10.4. The van der Waals surface area contributed by atoms with Crippen LogP contribution < -0.4 is 4.74 Å². The Hall–Kier alpha value is -2.58. The number of carbonyl (C=O) groups is 1. The monoisotopic (exact) mass is 336 g/mol. The van der Waals surface area contributed by atoms with Gasteiger partial charge in [0, 0.05) is 23.4 Å². The number of halogens is 1. The van der Waals surface area contributed by atoms with Crippen molar-refractivity contribution in [2.75, 3.05) is 0 Å². The molecule has 3 heteroatoms. The third-order valence-corrected chi connectivity index (χ3v) is 3.90. The predicted molar refractivity (Wildman–Crippen MR) is 96.8 cm³/mol. The highest BCUT2D eigenvalue weighted by Crippen LogP contribution is 2.25. The van der Waals surface area contributed by atoms with E-state index in [2.05, 4.69) is 0 Å². The lowest BCUT2D eigenvalue weighted by atomic mass is 10.0. The highest BCUT2D eigenvalue weighted by molar-refractivity contribution is 6.30. The lowest BCUT2D eigenvalue weighted by molar-refractivity contribution is -0.117. The molecule has 24 heavy (non-hydrogen) atoms. The molecule has 0 fully saturated rings. The fourth-order valence-electron chi connectivity index (χ4n) is 2.47. The van der Waals surface area contributed by atoms with E-state index in [1.54, 1.807) is 12.1 Å². The summed E-state index contributed by atoms with van der Waals surface area (Å²) >= 11 is 5.87.